The molecule has 1 N–H and O–H groups in total. The number of aliphatic hydroxyl groups is 1. The highest BCUT2D eigenvalue weighted by molar-refractivity contribution is 5.08. The molecule has 2 aliphatic carbocycles. The maximum absolute atomic E-state index is 10.5. The van der Waals surface area contributed by atoms with Gasteiger partial charge in [0.15, 0.2) is 0 Å². The molecule has 0 unspecified atom stereocenters. The van der Waals surface area contributed by atoms with E-state index in [1.165, 1.54) is 12.0 Å². The second-order valence-electron chi connectivity index (χ2n) is 6.57. The number of fused-ring (bicyclic) bond motifs is 1. The summed E-state index contributed by atoms with van der Waals surface area (Å²) in [7, 11) is 0. The summed E-state index contributed by atoms with van der Waals surface area (Å²) in [4.78, 5) is 0. The molecule has 0 aromatic heterocycles. The third-order valence-electron chi connectivity index (χ3n) is 5.04. The molecule has 1 nitrogen and oxygen atoms in total. The van der Waals surface area contributed by atoms with Crippen molar-refractivity contribution in [3.8, 4) is 0 Å². The van der Waals surface area contributed by atoms with Crippen LogP contribution >= 0.6 is 0 Å². The minimum Gasteiger partial charge on any atom is -0.390 e. The van der Waals surface area contributed by atoms with Crippen molar-refractivity contribution < 1.29 is 5.11 Å². The van der Waals surface area contributed by atoms with Crippen molar-refractivity contribution in [3.63, 3.8) is 0 Å². The largest absolute Gasteiger partial charge is 0.390 e. The normalized spacial score (nSPS) is 44.6. The van der Waals surface area contributed by atoms with E-state index in [4.69, 9.17) is 0 Å². The Hall–Kier alpha value is -0.300. The third kappa shape index (κ3) is 2.07. The van der Waals surface area contributed by atoms with Gasteiger partial charge in [-0.2, -0.15) is 0 Å². The van der Waals surface area contributed by atoms with Gasteiger partial charge in [0.25, 0.3) is 0 Å². The molecule has 0 radical (unpaired) electrons. The van der Waals surface area contributed by atoms with Crippen molar-refractivity contribution in [2.24, 2.45) is 23.7 Å². The first kappa shape index (κ1) is 12.2. The predicted octanol–water partition coefficient (Wildman–Crippen LogP) is 3.78. The zero-order chi connectivity index (χ0) is 11.9. The SMILES string of the molecule is C=C1CC[C@@H]2[C@@H](C1)[C@H](C(C)C)CC[C@@]2(C)O. The van der Waals surface area contributed by atoms with Gasteiger partial charge in [-0.15, -0.1) is 0 Å². The van der Waals surface area contributed by atoms with Crippen LogP contribution in [0.5, 0.6) is 0 Å². The summed E-state index contributed by atoms with van der Waals surface area (Å²) in [6, 6.07) is 0. The first-order chi connectivity index (χ1) is 7.42. The van der Waals surface area contributed by atoms with Gasteiger partial charge in [-0.25, -0.2) is 0 Å². The molecule has 0 aliphatic heterocycles. The van der Waals surface area contributed by atoms with Crippen molar-refractivity contribution in [1.29, 1.82) is 0 Å². The smallest absolute Gasteiger partial charge is 0.0650 e. The molecule has 0 saturated heterocycles. The Morgan fingerprint density at radius 2 is 2.06 bits per heavy atom. The fraction of sp³-hybridized carbons (Fsp3) is 0.867. The lowest BCUT2D eigenvalue weighted by atomic mass is 9.57. The minimum atomic E-state index is -0.420. The van der Waals surface area contributed by atoms with E-state index in [0.717, 1.165) is 37.5 Å². The minimum absolute atomic E-state index is 0.420. The number of hydrogen-bond donors (Lipinski definition) is 1. The second kappa shape index (κ2) is 4.18. The Morgan fingerprint density at radius 1 is 1.38 bits per heavy atom. The third-order valence-corrected chi connectivity index (χ3v) is 5.04. The molecule has 1 heteroatoms. The van der Waals surface area contributed by atoms with E-state index in [2.05, 4.69) is 27.4 Å². The van der Waals surface area contributed by atoms with Crippen LogP contribution in [-0.4, -0.2) is 10.7 Å². The fourth-order valence-electron chi connectivity index (χ4n) is 4.06. The van der Waals surface area contributed by atoms with Gasteiger partial charge in [-0.05, 0) is 62.7 Å². The maximum Gasteiger partial charge on any atom is 0.0650 e. The highest BCUT2D eigenvalue weighted by Gasteiger charge is 2.47. The van der Waals surface area contributed by atoms with Gasteiger partial charge in [0.1, 0.15) is 0 Å². The lowest BCUT2D eigenvalue weighted by Gasteiger charge is -2.51. The van der Waals surface area contributed by atoms with Gasteiger partial charge >= 0.3 is 0 Å². The van der Waals surface area contributed by atoms with Crippen LogP contribution in [0.4, 0.5) is 0 Å². The van der Waals surface area contributed by atoms with E-state index in [1.807, 2.05) is 0 Å². The van der Waals surface area contributed by atoms with Gasteiger partial charge < -0.3 is 5.11 Å². The van der Waals surface area contributed by atoms with E-state index >= 15 is 0 Å². The topological polar surface area (TPSA) is 20.2 Å². The zero-order valence-electron chi connectivity index (χ0n) is 11.0. The molecule has 2 rings (SSSR count). The van der Waals surface area contributed by atoms with Crippen LogP contribution in [0.3, 0.4) is 0 Å². The van der Waals surface area contributed by atoms with E-state index in [1.54, 1.807) is 0 Å². The van der Waals surface area contributed by atoms with Gasteiger partial charge in [0, 0.05) is 0 Å². The number of hydrogen-bond acceptors (Lipinski definition) is 1. The van der Waals surface area contributed by atoms with Crippen LogP contribution in [0.25, 0.3) is 0 Å². The quantitative estimate of drug-likeness (QED) is 0.669. The molecule has 2 aliphatic rings. The van der Waals surface area contributed by atoms with E-state index in [0.29, 0.717) is 11.8 Å². The van der Waals surface area contributed by atoms with Crippen LogP contribution in [0, 0.1) is 23.7 Å². The van der Waals surface area contributed by atoms with Crippen molar-refractivity contribution in [1.82, 2.24) is 0 Å². The summed E-state index contributed by atoms with van der Waals surface area (Å²) in [6.07, 6.45) is 5.62. The summed E-state index contributed by atoms with van der Waals surface area (Å²) < 4.78 is 0. The van der Waals surface area contributed by atoms with Crippen LogP contribution in [-0.2, 0) is 0 Å². The van der Waals surface area contributed by atoms with E-state index in [9.17, 15) is 5.11 Å². The molecule has 4 atom stereocenters. The van der Waals surface area contributed by atoms with E-state index in [-0.39, 0.29) is 0 Å². The molecule has 0 heterocycles. The summed E-state index contributed by atoms with van der Waals surface area (Å²) in [5, 5.41) is 10.5. The van der Waals surface area contributed by atoms with Crippen LogP contribution < -0.4 is 0 Å². The van der Waals surface area contributed by atoms with Crippen molar-refractivity contribution in [3.05, 3.63) is 12.2 Å². The molecule has 2 saturated carbocycles. The Kier molecular flexibility index (Phi) is 3.18. The first-order valence-electron chi connectivity index (χ1n) is 6.81. The van der Waals surface area contributed by atoms with Gasteiger partial charge in [0.05, 0.1) is 5.60 Å². The molecule has 92 valence electrons. The van der Waals surface area contributed by atoms with Gasteiger partial charge in [0.2, 0.25) is 0 Å². The summed E-state index contributed by atoms with van der Waals surface area (Å²) in [6.45, 7) is 10.9. The average Bonchev–Trinajstić information content (AvgIpc) is 2.16. The molecule has 0 aromatic carbocycles. The monoisotopic (exact) mass is 222 g/mol. The Balaban J connectivity index is 2.21. The van der Waals surface area contributed by atoms with Crippen molar-refractivity contribution >= 4 is 0 Å². The lowest BCUT2D eigenvalue weighted by Crippen LogP contribution is -2.49. The maximum atomic E-state index is 10.5. The van der Waals surface area contributed by atoms with Crippen molar-refractivity contribution in [2.75, 3.05) is 0 Å². The highest BCUT2D eigenvalue weighted by atomic mass is 16.3. The average molecular weight is 222 g/mol. The Labute approximate surface area is 99.9 Å². The van der Waals surface area contributed by atoms with E-state index < -0.39 is 5.60 Å². The summed E-state index contributed by atoms with van der Waals surface area (Å²) >= 11 is 0. The number of rotatable bonds is 1. The number of allylic oxidation sites excluding steroid dienone is 1. The molecular formula is C15H26O. The fourth-order valence-corrected chi connectivity index (χ4v) is 4.06. The highest BCUT2D eigenvalue weighted by Crippen LogP contribution is 2.51. The molecule has 0 bridgehead atoms. The molecule has 2 fully saturated rings. The van der Waals surface area contributed by atoms with Gasteiger partial charge in [-0.1, -0.05) is 26.0 Å². The summed E-state index contributed by atoms with van der Waals surface area (Å²) in [5.74, 6) is 2.74. The molecule has 0 amide bonds. The molecule has 0 aromatic rings. The first-order valence-corrected chi connectivity index (χ1v) is 6.81. The Bertz CT molecular complexity index is 277. The van der Waals surface area contributed by atoms with Crippen molar-refractivity contribution in [2.45, 2.75) is 58.5 Å². The Morgan fingerprint density at radius 3 is 2.69 bits per heavy atom. The summed E-state index contributed by atoms with van der Waals surface area (Å²) in [5.41, 5.74) is 0.987. The van der Waals surface area contributed by atoms with Crippen LogP contribution in [0.2, 0.25) is 0 Å². The molecule has 16 heavy (non-hydrogen) atoms. The molecule has 0 spiro atoms. The second-order valence-corrected chi connectivity index (χ2v) is 6.57. The zero-order valence-corrected chi connectivity index (χ0v) is 11.0. The molecular weight excluding hydrogens is 196 g/mol. The van der Waals surface area contributed by atoms with Gasteiger partial charge in [-0.3, -0.25) is 0 Å². The van der Waals surface area contributed by atoms with Crippen LogP contribution in [0.15, 0.2) is 12.2 Å². The standard InChI is InChI=1S/C15H26O/c1-10(2)12-7-8-15(4,16)14-6-5-11(3)9-13(12)14/h10,12-14,16H,3,5-9H2,1-2,4H3/t12-,13-,14+,15+/m0/s1. The van der Waals surface area contributed by atoms with Crippen LogP contribution in [0.1, 0.15) is 52.9 Å². The predicted molar refractivity (Wildman–Crippen MR) is 68.2 cm³/mol. The lowest BCUT2D eigenvalue weighted by molar-refractivity contribution is -0.0963.